The Hall–Kier alpha value is -4.54. The van der Waals surface area contributed by atoms with Crippen LogP contribution in [0.2, 0.25) is 0 Å². The molecule has 2 aliphatic heterocycles. The van der Waals surface area contributed by atoms with Gasteiger partial charge in [-0.3, -0.25) is 4.79 Å². The lowest BCUT2D eigenvalue weighted by Gasteiger charge is -2.43. The predicted octanol–water partition coefficient (Wildman–Crippen LogP) is 6.44. The maximum Gasteiger partial charge on any atom is 0.416 e. The first-order valence-electron chi connectivity index (χ1n) is 13.0. The molecule has 0 aliphatic carbocycles. The second-order valence-corrected chi connectivity index (χ2v) is 9.94. The molecule has 0 fully saturated rings. The Balaban J connectivity index is 1.50. The van der Waals surface area contributed by atoms with Crippen molar-refractivity contribution in [2.75, 3.05) is 25.7 Å². The molecule has 0 N–H and O–H groups in total. The molecule has 1 aromatic heterocycles. The number of methoxy groups -OCH3 is 2. The second kappa shape index (κ2) is 10.1. The van der Waals surface area contributed by atoms with E-state index in [2.05, 4.69) is 9.56 Å². The number of halogens is 4. The number of aromatic nitrogens is 1. The number of benzene rings is 3. The SMILES string of the molecule is COC(=O)CC1c2cccc(F)c2N=C(N2CCn3c(cc4ccc(OC)cc43)C2)N1c1cccc(C(F)(F)F)c1. The van der Waals surface area contributed by atoms with Gasteiger partial charge in [-0.2, -0.15) is 13.2 Å². The molecule has 41 heavy (non-hydrogen) atoms. The fraction of sp³-hybridized carbons (Fsp3) is 0.267. The average Bonchev–Trinajstić information content (AvgIpc) is 3.33. The van der Waals surface area contributed by atoms with E-state index in [0.29, 0.717) is 25.2 Å². The summed E-state index contributed by atoms with van der Waals surface area (Å²) in [6, 6.07) is 16.2. The summed E-state index contributed by atoms with van der Waals surface area (Å²) >= 11 is 0. The number of carbonyl (C=O) groups is 1. The molecule has 11 heteroatoms. The van der Waals surface area contributed by atoms with Gasteiger partial charge in [-0.25, -0.2) is 9.38 Å². The highest BCUT2D eigenvalue weighted by molar-refractivity contribution is 6.01. The Kier molecular flexibility index (Phi) is 6.59. The number of anilines is 1. The summed E-state index contributed by atoms with van der Waals surface area (Å²) in [4.78, 5) is 20.8. The van der Waals surface area contributed by atoms with Gasteiger partial charge in [0.1, 0.15) is 17.3 Å². The molecule has 1 unspecified atom stereocenters. The van der Waals surface area contributed by atoms with Gasteiger partial charge in [0.05, 0.1) is 44.3 Å². The number of nitrogens with zero attached hydrogens (tertiary/aromatic N) is 4. The largest absolute Gasteiger partial charge is 0.497 e. The van der Waals surface area contributed by atoms with E-state index >= 15 is 4.39 Å². The van der Waals surface area contributed by atoms with Gasteiger partial charge in [0.15, 0.2) is 0 Å². The zero-order valence-electron chi connectivity index (χ0n) is 22.3. The summed E-state index contributed by atoms with van der Waals surface area (Å²) in [5, 5.41) is 1.02. The lowest BCUT2D eigenvalue weighted by molar-refractivity contribution is -0.141. The van der Waals surface area contributed by atoms with Crippen LogP contribution in [0.4, 0.5) is 28.9 Å². The van der Waals surface area contributed by atoms with E-state index in [0.717, 1.165) is 34.5 Å². The fourth-order valence-electron chi connectivity index (χ4n) is 5.62. The third-order valence-corrected chi connectivity index (χ3v) is 7.58. The molecule has 0 radical (unpaired) electrons. The first-order chi connectivity index (χ1) is 19.7. The van der Waals surface area contributed by atoms with Crippen molar-refractivity contribution in [1.29, 1.82) is 0 Å². The molecule has 2 aliphatic rings. The van der Waals surface area contributed by atoms with Crippen LogP contribution in [0, 0.1) is 5.82 Å². The van der Waals surface area contributed by atoms with Crippen LogP contribution in [0.5, 0.6) is 5.75 Å². The number of guanidine groups is 1. The Morgan fingerprint density at radius 3 is 2.59 bits per heavy atom. The van der Waals surface area contributed by atoms with Crippen molar-refractivity contribution in [2.45, 2.75) is 31.7 Å². The molecule has 3 aromatic carbocycles. The molecule has 0 amide bonds. The summed E-state index contributed by atoms with van der Waals surface area (Å²) in [7, 11) is 2.84. The van der Waals surface area contributed by atoms with Crippen LogP contribution in [0.15, 0.2) is 71.7 Å². The number of alkyl halides is 3. The van der Waals surface area contributed by atoms with E-state index in [1.54, 1.807) is 18.1 Å². The van der Waals surface area contributed by atoms with Crippen LogP contribution in [0.3, 0.4) is 0 Å². The normalized spacial score (nSPS) is 16.7. The Labute approximate surface area is 233 Å². The topological polar surface area (TPSA) is 59.3 Å². The van der Waals surface area contributed by atoms with Gasteiger partial charge in [0, 0.05) is 41.5 Å². The van der Waals surface area contributed by atoms with Crippen molar-refractivity contribution < 1.29 is 31.8 Å². The zero-order chi connectivity index (χ0) is 28.9. The van der Waals surface area contributed by atoms with E-state index in [4.69, 9.17) is 9.47 Å². The molecule has 212 valence electrons. The van der Waals surface area contributed by atoms with Gasteiger partial charge < -0.3 is 23.8 Å². The summed E-state index contributed by atoms with van der Waals surface area (Å²) < 4.78 is 69.0. The molecule has 0 saturated carbocycles. The minimum Gasteiger partial charge on any atom is -0.497 e. The average molecular weight is 567 g/mol. The maximum atomic E-state index is 15.2. The predicted molar refractivity (Wildman–Crippen MR) is 146 cm³/mol. The first kappa shape index (κ1) is 26.7. The molecule has 4 aromatic rings. The first-order valence-corrected chi connectivity index (χ1v) is 13.0. The van der Waals surface area contributed by atoms with Gasteiger partial charge in [-0.05, 0) is 42.5 Å². The Morgan fingerprint density at radius 2 is 1.83 bits per heavy atom. The number of esters is 1. The van der Waals surface area contributed by atoms with Gasteiger partial charge in [-0.15, -0.1) is 0 Å². The highest BCUT2D eigenvalue weighted by Crippen LogP contribution is 2.43. The lowest BCUT2D eigenvalue weighted by atomic mass is 9.97. The molecular weight excluding hydrogens is 540 g/mol. The Bertz CT molecular complexity index is 1680. The number of fused-ring (bicyclic) bond motifs is 4. The van der Waals surface area contributed by atoms with Crippen molar-refractivity contribution in [2.24, 2.45) is 4.99 Å². The van der Waals surface area contributed by atoms with Crippen molar-refractivity contribution in [3.8, 4) is 5.75 Å². The molecule has 0 spiro atoms. The zero-order valence-corrected chi connectivity index (χ0v) is 22.3. The van der Waals surface area contributed by atoms with Crippen LogP contribution >= 0.6 is 0 Å². The number of hydrogen-bond acceptors (Lipinski definition) is 6. The second-order valence-electron chi connectivity index (χ2n) is 9.94. The smallest absolute Gasteiger partial charge is 0.416 e. The Morgan fingerprint density at radius 1 is 1.02 bits per heavy atom. The number of aliphatic imine (C=N–C) groups is 1. The van der Waals surface area contributed by atoms with E-state index in [-0.39, 0.29) is 23.8 Å². The molecule has 6 rings (SSSR count). The number of ether oxygens (including phenoxy) is 2. The van der Waals surface area contributed by atoms with Crippen LogP contribution < -0.4 is 9.64 Å². The highest BCUT2D eigenvalue weighted by Gasteiger charge is 2.39. The third-order valence-electron chi connectivity index (χ3n) is 7.58. The van der Waals surface area contributed by atoms with Crippen LogP contribution in [0.1, 0.15) is 29.3 Å². The third kappa shape index (κ3) is 4.75. The minimum atomic E-state index is -4.59. The lowest BCUT2D eigenvalue weighted by Crippen LogP contribution is -2.50. The number of para-hydroxylation sites is 1. The molecular formula is C30H26F4N4O3. The number of carbonyl (C=O) groups excluding carboxylic acids is 1. The summed E-state index contributed by atoms with van der Waals surface area (Å²) in [5.41, 5.74) is 1.72. The summed E-state index contributed by atoms with van der Waals surface area (Å²) in [6.45, 7) is 1.35. The molecule has 1 atom stereocenters. The number of hydrogen-bond donors (Lipinski definition) is 0. The van der Waals surface area contributed by atoms with E-state index in [1.807, 2.05) is 29.2 Å². The van der Waals surface area contributed by atoms with Gasteiger partial charge in [-0.1, -0.05) is 18.2 Å². The van der Waals surface area contributed by atoms with E-state index in [1.165, 1.54) is 31.4 Å². The fourth-order valence-corrected chi connectivity index (χ4v) is 5.62. The van der Waals surface area contributed by atoms with Crippen LogP contribution in [-0.4, -0.2) is 42.2 Å². The number of rotatable bonds is 4. The van der Waals surface area contributed by atoms with Crippen molar-refractivity contribution in [1.82, 2.24) is 9.47 Å². The molecule has 0 bridgehead atoms. The minimum absolute atomic E-state index is 0.0514. The molecule has 0 saturated heterocycles. The van der Waals surface area contributed by atoms with Gasteiger partial charge >= 0.3 is 12.1 Å². The highest BCUT2D eigenvalue weighted by atomic mass is 19.4. The maximum absolute atomic E-state index is 15.2. The van der Waals surface area contributed by atoms with Crippen LogP contribution in [-0.2, 0) is 28.8 Å². The van der Waals surface area contributed by atoms with Crippen molar-refractivity contribution >= 4 is 34.2 Å². The summed E-state index contributed by atoms with van der Waals surface area (Å²) in [6.07, 6.45) is -4.81. The summed E-state index contributed by atoms with van der Waals surface area (Å²) in [5.74, 6) is -0.191. The molecule has 3 heterocycles. The standard InChI is InChI=1S/C30H26F4N4O3/c1-40-22-10-9-18-13-21-17-36(11-12-37(21)25(18)15-22)29-35-28-23(7-4-8-24(28)31)26(16-27(39)41-2)38(29)20-6-3-5-19(14-20)30(32,33)34/h3-10,13-15,26H,11-12,16-17H2,1-2H3. The van der Waals surface area contributed by atoms with Gasteiger partial charge in [0.2, 0.25) is 5.96 Å². The van der Waals surface area contributed by atoms with Crippen molar-refractivity contribution in [3.63, 3.8) is 0 Å². The van der Waals surface area contributed by atoms with Crippen LogP contribution in [0.25, 0.3) is 10.9 Å². The van der Waals surface area contributed by atoms with E-state index < -0.39 is 29.6 Å². The van der Waals surface area contributed by atoms with E-state index in [9.17, 15) is 18.0 Å². The molecule has 7 nitrogen and oxygen atoms in total. The quantitative estimate of drug-likeness (QED) is 0.210. The van der Waals surface area contributed by atoms with Gasteiger partial charge in [0.25, 0.3) is 0 Å². The van der Waals surface area contributed by atoms with Crippen molar-refractivity contribution in [3.05, 3.63) is 89.4 Å². The monoisotopic (exact) mass is 566 g/mol.